The van der Waals surface area contributed by atoms with Gasteiger partial charge in [0.15, 0.2) is 0 Å². The highest BCUT2D eigenvalue weighted by Crippen LogP contribution is 2.39. The Hall–Kier alpha value is -0.650. The van der Waals surface area contributed by atoms with Gasteiger partial charge in [0.05, 0.1) is 6.20 Å². The molecular formula is C9H14N2O2S. The van der Waals surface area contributed by atoms with Crippen LogP contribution in [0.25, 0.3) is 0 Å². The van der Waals surface area contributed by atoms with Crippen LogP contribution in [0, 0.1) is 0 Å². The zero-order valence-corrected chi connectivity index (χ0v) is 9.59. The van der Waals surface area contributed by atoms with Crippen molar-refractivity contribution in [3.63, 3.8) is 0 Å². The molecule has 0 saturated carbocycles. The van der Waals surface area contributed by atoms with Crippen LogP contribution in [-0.2, 0) is 9.68 Å². The van der Waals surface area contributed by atoms with Gasteiger partial charge < -0.3 is 0 Å². The Labute approximate surface area is 87.5 Å². The topological polar surface area (TPSA) is 34.6 Å². The van der Waals surface area contributed by atoms with Crippen LogP contribution in [0.5, 0.6) is 0 Å². The van der Waals surface area contributed by atoms with Gasteiger partial charge in [0, 0.05) is 5.38 Å². The maximum absolute atomic E-state index is 5.69. The maximum Gasteiger partial charge on any atom is 0.125 e. The van der Waals surface area contributed by atoms with Crippen molar-refractivity contribution in [1.29, 1.82) is 0 Å². The summed E-state index contributed by atoms with van der Waals surface area (Å²) in [7, 11) is 0. The molecule has 1 fully saturated rings. The van der Waals surface area contributed by atoms with E-state index in [-0.39, 0.29) is 11.2 Å². The smallest absolute Gasteiger partial charge is 0.125 e. The number of hydrogen-bond acceptors (Lipinski definition) is 5. The summed E-state index contributed by atoms with van der Waals surface area (Å²) in [6.45, 7) is 8.03. The predicted octanol–water partition coefficient (Wildman–Crippen LogP) is 2.38. The minimum atomic E-state index is -0.338. The first-order valence-corrected chi connectivity index (χ1v) is 5.34. The van der Waals surface area contributed by atoms with Gasteiger partial charge in [-0.1, -0.05) is 0 Å². The molecule has 1 aromatic heterocycles. The Morgan fingerprint density at radius 3 is 2.21 bits per heavy atom. The molecule has 0 aromatic carbocycles. The molecular weight excluding hydrogens is 200 g/mol. The molecule has 5 heteroatoms. The normalized spacial score (nSPS) is 24.1. The molecule has 78 valence electrons. The van der Waals surface area contributed by atoms with Crippen molar-refractivity contribution in [3.8, 4) is 0 Å². The second-order valence-corrected chi connectivity index (χ2v) is 5.00. The van der Waals surface area contributed by atoms with E-state index in [9.17, 15) is 0 Å². The van der Waals surface area contributed by atoms with E-state index in [1.807, 2.05) is 33.1 Å². The summed E-state index contributed by atoms with van der Waals surface area (Å²) in [5, 5.41) is 3.33. The van der Waals surface area contributed by atoms with Crippen LogP contribution in [0.4, 0.5) is 5.69 Å². The zero-order valence-electron chi connectivity index (χ0n) is 8.77. The van der Waals surface area contributed by atoms with Crippen molar-refractivity contribution < 1.29 is 9.68 Å². The van der Waals surface area contributed by atoms with Gasteiger partial charge in [-0.05, 0) is 39.2 Å². The Balaban J connectivity index is 2.22. The van der Waals surface area contributed by atoms with Gasteiger partial charge in [-0.15, -0.1) is 5.23 Å². The highest BCUT2D eigenvalue weighted by atomic mass is 32.1. The number of aromatic nitrogens is 1. The van der Waals surface area contributed by atoms with Crippen LogP contribution in [0.3, 0.4) is 0 Å². The van der Waals surface area contributed by atoms with E-state index in [0.29, 0.717) is 0 Å². The van der Waals surface area contributed by atoms with Gasteiger partial charge in [0.2, 0.25) is 0 Å². The van der Waals surface area contributed by atoms with Gasteiger partial charge in [0.25, 0.3) is 0 Å². The summed E-state index contributed by atoms with van der Waals surface area (Å²) >= 11 is 1.38. The number of hydrogen-bond donors (Lipinski definition) is 0. The van der Waals surface area contributed by atoms with Crippen molar-refractivity contribution >= 4 is 17.2 Å². The lowest BCUT2D eigenvalue weighted by molar-refractivity contribution is -0.0272. The molecule has 1 aliphatic rings. The van der Waals surface area contributed by atoms with Gasteiger partial charge >= 0.3 is 0 Å². The number of nitrogens with zero attached hydrogens (tertiary/aromatic N) is 2. The summed E-state index contributed by atoms with van der Waals surface area (Å²) < 4.78 is 4.00. The molecule has 0 amide bonds. The molecule has 0 aliphatic carbocycles. The molecule has 2 heterocycles. The van der Waals surface area contributed by atoms with Gasteiger partial charge in [0.1, 0.15) is 16.9 Å². The lowest BCUT2D eigenvalue weighted by Gasteiger charge is -2.26. The highest BCUT2D eigenvalue weighted by molar-refractivity contribution is 7.04. The summed E-state index contributed by atoms with van der Waals surface area (Å²) in [6.07, 6.45) is 1.72. The van der Waals surface area contributed by atoms with Crippen LogP contribution < -0.4 is 5.23 Å². The van der Waals surface area contributed by atoms with E-state index in [1.165, 1.54) is 16.8 Å². The number of rotatable bonds is 1. The average molecular weight is 214 g/mol. The van der Waals surface area contributed by atoms with Crippen LogP contribution in [0.2, 0.25) is 0 Å². The van der Waals surface area contributed by atoms with Crippen LogP contribution in [0.15, 0.2) is 11.6 Å². The summed E-state index contributed by atoms with van der Waals surface area (Å²) in [4.78, 5) is 11.4. The molecule has 4 nitrogen and oxygen atoms in total. The molecule has 0 bridgehead atoms. The Bertz CT molecular complexity index is 306. The highest BCUT2D eigenvalue weighted by Gasteiger charge is 2.50. The molecule has 1 saturated heterocycles. The van der Waals surface area contributed by atoms with Crippen LogP contribution in [0.1, 0.15) is 27.7 Å². The standard InChI is InChI=1S/C9H14N2O2S/c1-8(2)9(3,4)13-11(12-8)7-5-10-14-6-7/h5-6H,1-4H3. The molecule has 0 spiro atoms. The lowest BCUT2D eigenvalue weighted by Crippen LogP contribution is -2.41. The van der Waals surface area contributed by atoms with Crippen molar-refractivity contribution in [2.24, 2.45) is 0 Å². The molecule has 2 rings (SSSR count). The Kier molecular flexibility index (Phi) is 2.06. The van der Waals surface area contributed by atoms with E-state index in [2.05, 4.69) is 4.37 Å². The maximum atomic E-state index is 5.69. The minimum absolute atomic E-state index is 0.338. The van der Waals surface area contributed by atoms with Crippen LogP contribution >= 0.6 is 11.5 Å². The van der Waals surface area contributed by atoms with Gasteiger partial charge in [-0.25, -0.2) is 9.68 Å². The van der Waals surface area contributed by atoms with E-state index in [1.54, 1.807) is 6.20 Å². The second-order valence-electron chi connectivity index (χ2n) is 4.34. The summed E-state index contributed by atoms with van der Waals surface area (Å²) in [6, 6.07) is 0. The Morgan fingerprint density at radius 2 is 1.79 bits per heavy atom. The molecule has 1 aromatic rings. The minimum Gasteiger partial charge on any atom is -0.239 e. The molecule has 0 radical (unpaired) electrons. The van der Waals surface area contributed by atoms with E-state index < -0.39 is 0 Å². The lowest BCUT2D eigenvalue weighted by atomic mass is 9.90. The second kappa shape index (κ2) is 2.92. The van der Waals surface area contributed by atoms with E-state index in [4.69, 9.17) is 9.68 Å². The first-order valence-electron chi connectivity index (χ1n) is 4.50. The van der Waals surface area contributed by atoms with Gasteiger partial charge in [-0.2, -0.15) is 4.37 Å². The van der Waals surface area contributed by atoms with Crippen molar-refractivity contribution in [2.45, 2.75) is 38.9 Å². The van der Waals surface area contributed by atoms with Crippen molar-refractivity contribution in [2.75, 3.05) is 5.23 Å². The third kappa shape index (κ3) is 1.41. The monoisotopic (exact) mass is 214 g/mol. The molecule has 0 unspecified atom stereocenters. The quantitative estimate of drug-likeness (QED) is 0.719. The summed E-state index contributed by atoms with van der Waals surface area (Å²) in [5.41, 5.74) is 0.165. The third-order valence-electron chi connectivity index (χ3n) is 2.70. The summed E-state index contributed by atoms with van der Waals surface area (Å²) in [5.74, 6) is 0. The Morgan fingerprint density at radius 1 is 1.21 bits per heavy atom. The zero-order chi connectivity index (χ0) is 10.4. The molecule has 0 atom stereocenters. The molecule has 14 heavy (non-hydrogen) atoms. The van der Waals surface area contributed by atoms with E-state index in [0.717, 1.165) is 5.69 Å². The predicted molar refractivity (Wildman–Crippen MR) is 54.9 cm³/mol. The fraction of sp³-hybridized carbons (Fsp3) is 0.667. The first kappa shape index (κ1) is 9.89. The van der Waals surface area contributed by atoms with Crippen molar-refractivity contribution in [1.82, 2.24) is 4.37 Å². The number of anilines is 1. The van der Waals surface area contributed by atoms with Crippen molar-refractivity contribution in [3.05, 3.63) is 11.6 Å². The average Bonchev–Trinajstić information content (AvgIpc) is 2.58. The third-order valence-corrected chi connectivity index (χ3v) is 3.28. The molecule has 1 aliphatic heterocycles. The largest absolute Gasteiger partial charge is 0.239 e. The fourth-order valence-electron chi connectivity index (χ4n) is 1.05. The molecule has 0 N–H and O–H groups in total. The van der Waals surface area contributed by atoms with E-state index >= 15 is 0 Å². The van der Waals surface area contributed by atoms with Crippen LogP contribution in [-0.4, -0.2) is 15.6 Å². The first-order chi connectivity index (χ1) is 6.42. The SMILES string of the molecule is CC1(C)ON(c2cnsc2)OC1(C)C. The van der Waals surface area contributed by atoms with Gasteiger partial charge in [-0.3, -0.25) is 0 Å². The fourth-order valence-corrected chi connectivity index (χ4v) is 1.53.